The van der Waals surface area contributed by atoms with E-state index in [0.717, 1.165) is 11.3 Å². The maximum Gasteiger partial charge on any atom is 0.336 e. The Labute approximate surface area is 236 Å². The number of allylic oxidation sites excluding steroid dienone is 3. The summed E-state index contributed by atoms with van der Waals surface area (Å²) in [5, 5.41) is 25.5. The molecule has 4 rings (SSSR count). The number of thioether (sulfide) groups is 1. The average Bonchev–Trinajstić information content (AvgIpc) is 2.94. The second kappa shape index (κ2) is 12.5. The van der Waals surface area contributed by atoms with Gasteiger partial charge in [-0.2, -0.15) is 11.8 Å². The standard InChI is InChI=1S/C29H32N2O8S/c1-5-40-11-10-39-29(34)25-16(2)30-20-12-17(19-8-6-7-9-23(19)37-3)14-22(32)27(20)26(25)18-13-21(31(35)36)28(33)24(15-18)38-4/h6-9,13,15,17,26,30,33H,5,10-12,14H2,1-4H3/t17-,26+/m0/s1. The number of nitro benzene ring substituents is 1. The van der Waals surface area contributed by atoms with E-state index in [-0.39, 0.29) is 41.6 Å². The van der Waals surface area contributed by atoms with Gasteiger partial charge in [0.2, 0.25) is 5.75 Å². The summed E-state index contributed by atoms with van der Waals surface area (Å²) in [5.41, 5.74) is 2.22. The molecule has 0 saturated carbocycles. The zero-order valence-corrected chi connectivity index (χ0v) is 23.6. The van der Waals surface area contributed by atoms with Crippen molar-refractivity contribution in [3.8, 4) is 17.2 Å². The van der Waals surface area contributed by atoms with Crippen molar-refractivity contribution >= 4 is 29.2 Å². The van der Waals surface area contributed by atoms with Crippen molar-refractivity contribution in [1.82, 2.24) is 5.32 Å². The summed E-state index contributed by atoms with van der Waals surface area (Å²) in [5.74, 6) is -0.560. The first-order chi connectivity index (χ1) is 19.2. The lowest BCUT2D eigenvalue weighted by molar-refractivity contribution is -0.386. The highest BCUT2D eigenvalue weighted by atomic mass is 32.2. The Kier molecular flexibility index (Phi) is 9.03. The minimum absolute atomic E-state index is 0.134. The molecule has 2 aromatic carbocycles. The van der Waals surface area contributed by atoms with E-state index in [1.54, 1.807) is 25.8 Å². The first-order valence-electron chi connectivity index (χ1n) is 12.9. The summed E-state index contributed by atoms with van der Waals surface area (Å²) < 4.78 is 16.3. The van der Waals surface area contributed by atoms with Gasteiger partial charge in [0.05, 0.1) is 24.7 Å². The van der Waals surface area contributed by atoms with Crippen LogP contribution in [0.5, 0.6) is 17.2 Å². The van der Waals surface area contributed by atoms with Gasteiger partial charge in [-0.15, -0.1) is 0 Å². The maximum absolute atomic E-state index is 13.9. The number of carbonyl (C=O) groups is 2. The molecule has 0 aromatic heterocycles. The molecule has 2 aliphatic rings. The Morgan fingerprint density at radius 3 is 2.58 bits per heavy atom. The van der Waals surface area contributed by atoms with E-state index in [2.05, 4.69) is 5.32 Å². The molecule has 0 spiro atoms. The van der Waals surface area contributed by atoms with Gasteiger partial charge in [0, 0.05) is 47.0 Å². The highest BCUT2D eigenvalue weighted by molar-refractivity contribution is 7.99. The van der Waals surface area contributed by atoms with Gasteiger partial charge in [-0.25, -0.2) is 4.79 Å². The molecule has 0 bridgehead atoms. The summed E-state index contributed by atoms with van der Waals surface area (Å²) in [6.07, 6.45) is 0.616. The highest BCUT2D eigenvalue weighted by Crippen LogP contribution is 2.49. The van der Waals surface area contributed by atoms with Crippen molar-refractivity contribution in [1.29, 1.82) is 0 Å². The molecule has 212 valence electrons. The molecule has 1 aliphatic heterocycles. The van der Waals surface area contributed by atoms with Crippen molar-refractivity contribution in [3.63, 3.8) is 0 Å². The SMILES string of the molecule is CCSCCOC(=O)C1=C(C)NC2=C(C(=O)C[C@@H](c3ccccc3OC)C2)[C@@H]1c1cc(OC)c(O)c([N+](=O)[O-])c1. The van der Waals surface area contributed by atoms with Gasteiger partial charge < -0.3 is 24.6 Å². The molecule has 0 fully saturated rings. The predicted octanol–water partition coefficient (Wildman–Crippen LogP) is 4.98. The molecule has 1 heterocycles. The molecule has 2 N–H and O–H groups in total. The first-order valence-corrected chi connectivity index (χ1v) is 14.0. The number of phenolic OH excluding ortho intramolecular Hbond substituents is 1. The molecule has 0 radical (unpaired) electrons. The quantitative estimate of drug-likeness (QED) is 0.175. The number of hydrogen-bond acceptors (Lipinski definition) is 10. The number of Topliss-reactive ketones (excluding diaryl/α,β-unsaturated/α-hetero) is 1. The Morgan fingerprint density at radius 1 is 1.18 bits per heavy atom. The van der Waals surface area contributed by atoms with Crippen LogP contribution in [0.2, 0.25) is 0 Å². The normalized spacial score (nSPS) is 18.6. The minimum atomic E-state index is -0.957. The number of nitrogens with one attached hydrogen (secondary N) is 1. The van der Waals surface area contributed by atoms with Crippen LogP contribution in [0.15, 0.2) is 58.9 Å². The van der Waals surface area contributed by atoms with E-state index in [4.69, 9.17) is 14.2 Å². The summed E-state index contributed by atoms with van der Waals surface area (Å²) in [6, 6.07) is 10.1. The van der Waals surface area contributed by atoms with Gasteiger partial charge in [-0.1, -0.05) is 25.1 Å². The van der Waals surface area contributed by atoms with E-state index in [1.165, 1.54) is 19.2 Å². The van der Waals surface area contributed by atoms with Crippen LogP contribution < -0.4 is 14.8 Å². The summed E-state index contributed by atoms with van der Waals surface area (Å²) >= 11 is 1.62. The van der Waals surface area contributed by atoms with Crippen LogP contribution in [0, 0.1) is 10.1 Å². The molecule has 2 aromatic rings. The largest absolute Gasteiger partial charge is 0.500 e. The first kappa shape index (κ1) is 29.0. The number of dihydropyridines is 1. The number of nitrogens with zero attached hydrogens (tertiary/aromatic N) is 1. The Morgan fingerprint density at radius 2 is 1.90 bits per heavy atom. The van der Waals surface area contributed by atoms with Crippen molar-refractivity contribution in [3.05, 3.63) is 80.2 Å². The number of hydrogen-bond donors (Lipinski definition) is 2. The second-order valence-corrected chi connectivity index (χ2v) is 10.8. The van der Waals surface area contributed by atoms with Crippen molar-refractivity contribution < 1.29 is 33.8 Å². The molecule has 0 unspecified atom stereocenters. The molecule has 1 aliphatic carbocycles. The van der Waals surface area contributed by atoms with E-state index in [9.17, 15) is 24.8 Å². The Balaban J connectivity index is 1.84. The van der Waals surface area contributed by atoms with Crippen LogP contribution in [-0.2, 0) is 14.3 Å². The summed E-state index contributed by atoms with van der Waals surface area (Å²) in [6.45, 7) is 3.90. The molecule has 2 atom stereocenters. The maximum atomic E-state index is 13.9. The van der Waals surface area contributed by atoms with Gasteiger partial charge >= 0.3 is 11.7 Å². The van der Waals surface area contributed by atoms with Gasteiger partial charge in [0.25, 0.3) is 0 Å². The van der Waals surface area contributed by atoms with Gasteiger partial charge in [0.15, 0.2) is 11.5 Å². The van der Waals surface area contributed by atoms with Gasteiger partial charge in [0.1, 0.15) is 12.4 Å². The second-order valence-electron chi connectivity index (χ2n) is 9.44. The molecule has 10 nitrogen and oxygen atoms in total. The lowest BCUT2D eigenvalue weighted by Gasteiger charge is -2.37. The number of rotatable bonds is 10. The van der Waals surface area contributed by atoms with Crippen LogP contribution in [0.25, 0.3) is 0 Å². The van der Waals surface area contributed by atoms with Crippen LogP contribution in [0.4, 0.5) is 5.69 Å². The zero-order valence-electron chi connectivity index (χ0n) is 22.8. The number of ketones is 1. The van der Waals surface area contributed by atoms with E-state index in [1.807, 2.05) is 31.2 Å². The fourth-order valence-corrected chi connectivity index (χ4v) is 5.85. The molecule has 11 heteroatoms. The molecule has 40 heavy (non-hydrogen) atoms. The van der Waals surface area contributed by atoms with Crippen molar-refractivity contribution in [2.24, 2.45) is 0 Å². The van der Waals surface area contributed by atoms with Crippen molar-refractivity contribution in [2.75, 3.05) is 32.3 Å². The average molecular weight is 569 g/mol. The Hall–Kier alpha value is -3.99. The topological polar surface area (TPSA) is 137 Å². The monoisotopic (exact) mass is 568 g/mol. The Bertz CT molecular complexity index is 1400. The van der Waals surface area contributed by atoms with E-state index in [0.29, 0.717) is 34.9 Å². The van der Waals surface area contributed by atoms with Gasteiger partial charge in [-0.3, -0.25) is 14.9 Å². The molecular formula is C29H32N2O8S. The van der Waals surface area contributed by atoms with E-state index >= 15 is 0 Å². The number of para-hydroxylation sites is 1. The third kappa shape index (κ3) is 5.65. The number of phenols is 1. The van der Waals surface area contributed by atoms with Crippen LogP contribution in [0.1, 0.15) is 49.7 Å². The third-order valence-corrected chi connectivity index (χ3v) is 7.98. The number of aromatic hydroxyl groups is 1. The van der Waals surface area contributed by atoms with Crippen molar-refractivity contribution in [2.45, 2.75) is 38.5 Å². The number of methoxy groups -OCH3 is 2. The highest BCUT2D eigenvalue weighted by Gasteiger charge is 2.43. The minimum Gasteiger partial charge on any atom is -0.500 e. The zero-order chi connectivity index (χ0) is 29.0. The van der Waals surface area contributed by atoms with E-state index < -0.39 is 28.2 Å². The fraction of sp³-hybridized carbons (Fsp3) is 0.379. The number of esters is 1. The van der Waals surface area contributed by atoms with Crippen LogP contribution >= 0.6 is 11.8 Å². The smallest absolute Gasteiger partial charge is 0.336 e. The van der Waals surface area contributed by atoms with Crippen LogP contribution in [0.3, 0.4) is 0 Å². The molecule has 0 saturated heterocycles. The molecular weight excluding hydrogens is 536 g/mol. The summed E-state index contributed by atoms with van der Waals surface area (Å²) in [4.78, 5) is 38.4. The number of benzene rings is 2. The molecule has 0 amide bonds. The van der Waals surface area contributed by atoms with Crippen LogP contribution in [-0.4, -0.2) is 54.1 Å². The number of carbonyl (C=O) groups excluding carboxylic acids is 2. The third-order valence-electron chi connectivity index (χ3n) is 7.12. The number of ether oxygens (including phenoxy) is 3. The number of nitro groups is 1. The predicted molar refractivity (Wildman–Crippen MR) is 151 cm³/mol. The van der Waals surface area contributed by atoms with Gasteiger partial charge in [-0.05, 0) is 42.4 Å². The fourth-order valence-electron chi connectivity index (χ4n) is 5.36. The lowest BCUT2D eigenvalue weighted by Crippen LogP contribution is -2.36. The lowest BCUT2D eigenvalue weighted by atomic mass is 9.71. The summed E-state index contributed by atoms with van der Waals surface area (Å²) in [7, 11) is 2.86.